The number of aliphatic carboxylic acids is 1. The number of ether oxygens (including phenoxy) is 1. The molecule has 0 bridgehead atoms. The minimum atomic E-state index is -0.901. The van der Waals surface area contributed by atoms with Gasteiger partial charge in [-0.15, -0.1) is 0 Å². The monoisotopic (exact) mass is 462 g/mol. The number of carboxylic acid groups (broad SMARTS) is 1. The summed E-state index contributed by atoms with van der Waals surface area (Å²) in [6, 6.07) is 4.21. The molecule has 0 amide bonds. The molecule has 0 saturated carbocycles. The summed E-state index contributed by atoms with van der Waals surface area (Å²) in [5, 5.41) is 19.8. The van der Waals surface area contributed by atoms with Gasteiger partial charge in [-0.25, -0.2) is 0 Å². The van der Waals surface area contributed by atoms with Crippen LogP contribution in [0.4, 0.5) is 0 Å². The second-order valence-electron chi connectivity index (χ2n) is 11.9. The number of hydrogen-bond donors (Lipinski definition) is 2. The van der Waals surface area contributed by atoms with Crippen molar-refractivity contribution in [2.45, 2.75) is 118 Å². The molecule has 2 N–H and O–H groups in total. The fourth-order valence-corrected chi connectivity index (χ4v) is 4.05. The smallest absolute Gasteiger partial charge is 0.306 e. The van der Waals surface area contributed by atoms with Gasteiger partial charge < -0.3 is 14.9 Å². The van der Waals surface area contributed by atoms with Crippen LogP contribution >= 0.6 is 0 Å². The third-order valence-electron chi connectivity index (χ3n) is 6.15. The molecular formula is C28H46O5. The molecule has 33 heavy (non-hydrogen) atoms. The van der Waals surface area contributed by atoms with Crippen LogP contribution in [0.5, 0.6) is 5.75 Å². The first-order valence-electron chi connectivity index (χ1n) is 12.3. The molecule has 0 heterocycles. The number of benzene rings is 1. The molecule has 2 atom stereocenters. The Kier molecular flexibility index (Phi) is 10.5. The molecule has 1 rings (SSSR count). The fraction of sp³-hybridized carbons (Fsp3) is 0.714. The van der Waals surface area contributed by atoms with E-state index in [0.717, 1.165) is 36.0 Å². The Morgan fingerprint density at radius 3 is 1.85 bits per heavy atom. The Morgan fingerprint density at radius 1 is 0.909 bits per heavy atom. The summed E-state index contributed by atoms with van der Waals surface area (Å²) in [6.45, 7) is 19.0. The molecule has 188 valence electrons. The first kappa shape index (κ1) is 29.0. The van der Waals surface area contributed by atoms with Gasteiger partial charge in [0.15, 0.2) is 0 Å². The Hall–Kier alpha value is -2.04. The summed E-state index contributed by atoms with van der Waals surface area (Å²) in [5.74, 6) is -0.186. The van der Waals surface area contributed by atoms with Gasteiger partial charge in [0.1, 0.15) is 11.9 Å². The van der Waals surface area contributed by atoms with Gasteiger partial charge in [0.25, 0.3) is 0 Å². The summed E-state index contributed by atoms with van der Waals surface area (Å²) in [7, 11) is 0. The number of aromatic hydroxyl groups is 1. The van der Waals surface area contributed by atoms with Crippen molar-refractivity contribution >= 4 is 11.9 Å². The van der Waals surface area contributed by atoms with Crippen LogP contribution in [-0.4, -0.2) is 28.3 Å². The zero-order valence-corrected chi connectivity index (χ0v) is 22.2. The van der Waals surface area contributed by atoms with Crippen molar-refractivity contribution < 1.29 is 24.5 Å². The van der Waals surface area contributed by atoms with Gasteiger partial charge in [-0.05, 0) is 65.5 Å². The molecule has 0 aliphatic carbocycles. The second kappa shape index (κ2) is 11.9. The maximum Gasteiger partial charge on any atom is 0.306 e. The van der Waals surface area contributed by atoms with Crippen LogP contribution in [0.3, 0.4) is 0 Å². The first-order valence-corrected chi connectivity index (χ1v) is 12.3. The van der Waals surface area contributed by atoms with Crippen molar-refractivity contribution in [1.82, 2.24) is 0 Å². The van der Waals surface area contributed by atoms with Gasteiger partial charge >= 0.3 is 11.9 Å². The molecule has 2 unspecified atom stereocenters. The highest BCUT2D eigenvalue weighted by molar-refractivity contribution is 5.71. The van der Waals surface area contributed by atoms with Crippen molar-refractivity contribution in [3.05, 3.63) is 28.8 Å². The molecule has 0 aliphatic rings. The van der Waals surface area contributed by atoms with Crippen LogP contribution in [0.25, 0.3) is 0 Å². The predicted molar refractivity (Wildman–Crippen MR) is 134 cm³/mol. The van der Waals surface area contributed by atoms with E-state index >= 15 is 0 Å². The lowest BCUT2D eigenvalue weighted by Crippen LogP contribution is -2.27. The Bertz CT molecular complexity index is 760. The minimum absolute atomic E-state index is 0.0288. The van der Waals surface area contributed by atoms with Crippen molar-refractivity contribution in [3.63, 3.8) is 0 Å². The van der Waals surface area contributed by atoms with E-state index in [4.69, 9.17) is 9.84 Å². The second-order valence-corrected chi connectivity index (χ2v) is 11.9. The van der Waals surface area contributed by atoms with E-state index in [1.54, 1.807) is 0 Å². The maximum atomic E-state index is 12.3. The Morgan fingerprint density at radius 2 is 1.42 bits per heavy atom. The van der Waals surface area contributed by atoms with Crippen LogP contribution < -0.4 is 0 Å². The topological polar surface area (TPSA) is 83.8 Å². The molecular weight excluding hydrogens is 416 g/mol. The molecule has 5 heteroatoms. The van der Waals surface area contributed by atoms with E-state index < -0.39 is 5.97 Å². The number of carboxylic acids is 1. The van der Waals surface area contributed by atoms with E-state index in [9.17, 15) is 14.7 Å². The largest absolute Gasteiger partial charge is 0.507 e. The molecule has 1 aromatic rings. The number of rotatable bonds is 11. The zero-order valence-electron chi connectivity index (χ0n) is 22.2. The fourth-order valence-electron chi connectivity index (χ4n) is 4.05. The zero-order chi connectivity index (χ0) is 25.6. The summed E-state index contributed by atoms with van der Waals surface area (Å²) in [4.78, 5) is 23.0. The van der Waals surface area contributed by atoms with Gasteiger partial charge in [-0.2, -0.15) is 0 Å². The van der Waals surface area contributed by atoms with Crippen LogP contribution in [0.1, 0.15) is 111 Å². The van der Waals surface area contributed by atoms with E-state index in [0.29, 0.717) is 18.1 Å². The van der Waals surface area contributed by atoms with E-state index in [2.05, 4.69) is 67.5 Å². The van der Waals surface area contributed by atoms with Gasteiger partial charge in [0.05, 0.1) is 0 Å². The van der Waals surface area contributed by atoms with E-state index in [1.807, 2.05) is 6.92 Å². The van der Waals surface area contributed by atoms with Crippen LogP contribution in [0.15, 0.2) is 12.1 Å². The Labute approximate surface area is 200 Å². The highest BCUT2D eigenvalue weighted by Gasteiger charge is 2.28. The molecule has 5 nitrogen and oxygen atoms in total. The summed E-state index contributed by atoms with van der Waals surface area (Å²) in [6.07, 6.45) is 2.82. The third kappa shape index (κ3) is 9.77. The maximum absolute atomic E-state index is 12.3. The summed E-state index contributed by atoms with van der Waals surface area (Å²) >= 11 is 0. The number of phenolic OH excluding ortho intramolecular Hbond substituents is 1. The molecule has 1 aromatic carbocycles. The molecule has 0 aliphatic heterocycles. The van der Waals surface area contributed by atoms with E-state index in [-0.39, 0.29) is 41.7 Å². The lowest BCUT2D eigenvalue weighted by atomic mass is 9.77. The van der Waals surface area contributed by atoms with Gasteiger partial charge in [0, 0.05) is 12.8 Å². The lowest BCUT2D eigenvalue weighted by molar-refractivity contribution is -0.151. The van der Waals surface area contributed by atoms with Gasteiger partial charge in [0.2, 0.25) is 0 Å². The highest BCUT2D eigenvalue weighted by atomic mass is 16.5. The number of phenols is 1. The molecule has 0 spiro atoms. The first-order chi connectivity index (χ1) is 15.0. The summed E-state index contributed by atoms with van der Waals surface area (Å²) < 4.78 is 5.74. The van der Waals surface area contributed by atoms with Crippen LogP contribution in [0.2, 0.25) is 0 Å². The predicted octanol–water partition coefficient (Wildman–Crippen LogP) is 6.77. The normalized spacial score (nSPS) is 14.2. The third-order valence-corrected chi connectivity index (χ3v) is 6.15. The average Bonchev–Trinajstić information content (AvgIpc) is 2.63. The standard InChI is InChI=1S/C28H46O5/c1-18(2)13-14-21(19(3)33-25(31)12-10-11-24(29)30)15-20-16-22(27(4,5)6)26(32)23(17-20)28(7,8)9/h16-19,21,32H,10-15H2,1-9H3,(H,29,30). The molecule has 0 radical (unpaired) electrons. The SMILES string of the molecule is CC(C)CCC(Cc1cc(C(C)(C)C)c(O)c(C(C)(C)C)c1)C(C)OC(=O)CCCC(=O)O. The minimum Gasteiger partial charge on any atom is -0.507 e. The number of carbonyl (C=O) groups excluding carboxylic acids is 1. The van der Waals surface area contributed by atoms with Crippen LogP contribution in [0, 0.1) is 11.8 Å². The lowest BCUT2D eigenvalue weighted by Gasteiger charge is -2.30. The van der Waals surface area contributed by atoms with Crippen molar-refractivity contribution in [2.24, 2.45) is 11.8 Å². The van der Waals surface area contributed by atoms with Gasteiger partial charge in [-0.1, -0.05) is 73.9 Å². The average molecular weight is 463 g/mol. The quantitative estimate of drug-likeness (QED) is 0.355. The van der Waals surface area contributed by atoms with Gasteiger partial charge in [-0.3, -0.25) is 9.59 Å². The molecule has 0 aromatic heterocycles. The van der Waals surface area contributed by atoms with Crippen molar-refractivity contribution in [3.8, 4) is 5.75 Å². The summed E-state index contributed by atoms with van der Waals surface area (Å²) in [5.41, 5.74) is 2.62. The molecule has 0 saturated heterocycles. The number of hydrogen-bond acceptors (Lipinski definition) is 4. The number of carbonyl (C=O) groups is 2. The highest BCUT2D eigenvalue weighted by Crippen LogP contribution is 2.40. The molecule has 0 fully saturated rings. The van der Waals surface area contributed by atoms with Crippen molar-refractivity contribution in [1.29, 1.82) is 0 Å². The number of esters is 1. The Balaban J connectivity index is 3.19. The van der Waals surface area contributed by atoms with Crippen LogP contribution in [-0.2, 0) is 31.6 Å². The van der Waals surface area contributed by atoms with E-state index in [1.165, 1.54) is 0 Å². The van der Waals surface area contributed by atoms with Crippen molar-refractivity contribution in [2.75, 3.05) is 0 Å².